The van der Waals surface area contributed by atoms with Gasteiger partial charge in [-0.1, -0.05) is 52.5 Å². The van der Waals surface area contributed by atoms with E-state index in [2.05, 4.69) is 10.4 Å². The first kappa shape index (κ1) is 24.0. The molecule has 0 saturated carbocycles. The quantitative estimate of drug-likeness (QED) is 0.273. The van der Waals surface area contributed by atoms with E-state index < -0.39 is 5.91 Å². The van der Waals surface area contributed by atoms with Gasteiger partial charge in [0.05, 0.1) is 28.1 Å². The third-order valence-electron chi connectivity index (χ3n) is 4.78. The number of amides is 1. The lowest BCUT2D eigenvalue weighted by atomic mass is 10.1. The van der Waals surface area contributed by atoms with Crippen LogP contribution in [0.15, 0.2) is 59.3 Å². The molecular formula is C24H20Cl3N3O4. The Bertz CT molecular complexity index is 1310. The summed E-state index contributed by atoms with van der Waals surface area (Å²) in [6.45, 7) is 4.25. The maximum Gasteiger partial charge on any atom is 0.291 e. The summed E-state index contributed by atoms with van der Waals surface area (Å²) in [6.07, 6.45) is 3.19. The van der Waals surface area contributed by atoms with Crippen molar-refractivity contribution in [2.75, 3.05) is 5.32 Å². The molecule has 0 spiro atoms. The molecule has 176 valence electrons. The second-order valence-corrected chi connectivity index (χ2v) is 8.77. The van der Waals surface area contributed by atoms with Gasteiger partial charge in [-0.2, -0.15) is 5.10 Å². The van der Waals surface area contributed by atoms with Gasteiger partial charge in [-0.15, -0.1) is 0 Å². The number of nitrogens with zero attached hydrogens (tertiary/aromatic N) is 2. The number of carbonyl (C=O) groups is 1. The highest BCUT2D eigenvalue weighted by Crippen LogP contribution is 2.36. The summed E-state index contributed by atoms with van der Waals surface area (Å²) in [5.74, 6) is 1.17. The van der Waals surface area contributed by atoms with Crippen LogP contribution >= 0.6 is 34.8 Å². The molecule has 0 saturated heterocycles. The number of carbonyl (C=O) groups excluding carboxylic acids is 1. The minimum Gasteiger partial charge on any atom is -0.483 e. The number of halogens is 3. The normalized spacial score (nSPS) is 10.9. The van der Waals surface area contributed by atoms with E-state index in [1.165, 1.54) is 23.9 Å². The van der Waals surface area contributed by atoms with Crippen LogP contribution in [0.5, 0.6) is 11.5 Å². The number of furan rings is 1. The molecule has 2 aromatic carbocycles. The van der Waals surface area contributed by atoms with Gasteiger partial charge in [-0.05, 0) is 49.7 Å². The van der Waals surface area contributed by atoms with Gasteiger partial charge in [0.2, 0.25) is 0 Å². The Balaban J connectivity index is 1.32. The van der Waals surface area contributed by atoms with E-state index in [0.29, 0.717) is 16.5 Å². The monoisotopic (exact) mass is 519 g/mol. The Morgan fingerprint density at radius 1 is 1.06 bits per heavy atom. The maximum atomic E-state index is 12.5. The van der Waals surface area contributed by atoms with Gasteiger partial charge in [0.25, 0.3) is 5.91 Å². The first-order valence-electron chi connectivity index (χ1n) is 10.2. The molecule has 4 aromatic rings. The predicted molar refractivity (Wildman–Crippen MR) is 131 cm³/mol. The first-order chi connectivity index (χ1) is 16.3. The third kappa shape index (κ3) is 5.86. The summed E-state index contributed by atoms with van der Waals surface area (Å²) in [5, 5.41) is 7.90. The topological polar surface area (TPSA) is 78.5 Å². The lowest BCUT2D eigenvalue weighted by molar-refractivity contribution is 0.0992. The van der Waals surface area contributed by atoms with Crippen molar-refractivity contribution in [2.24, 2.45) is 0 Å². The molecular weight excluding hydrogens is 501 g/mol. The molecule has 0 aliphatic rings. The SMILES string of the molecule is Cc1ccc(OCn2cc(NC(=O)c3ccc(COc4c(Cl)cc(Cl)cc4Cl)o3)cn2)c(C)c1. The van der Waals surface area contributed by atoms with E-state index in [1.54, 1.807) is 23.0 Å². The van der Waals surface area contributed by atoms with Gasteiger partial charge < -0.3 is 19.2 Å². The zero-order valence-electron chi connectivity index (χ0n) is 18.3. The Morgan fingerprint density at radius 2 is 1.82 bits per heavy atom. The fourth-order valence-electron chi connectivity index (χ4n) is 3.18. The van der Waals surface area contributed by atoms with Crippen LogP contribution in [0.3, 0.4) is 0 Å². The number of aryl methyl sites for hydroxylation is 2. The van der Waals surface area contributed by atoms with Crippen LogP contribution in [0.25, 0.3) is 0 Å². The van der Waals surface area contributed by atoms with Gasteiger partial charge in [0.15, 0.2) is 18.2 Å². The number of anilines is 1. The van der Waals surface area contributed by atoms with Crippen LogP contribution in [0.4, 0.5) is 5.69 Å². The molecule has 10 heteroatoms. The van der Waals surface area contributed by atoms with Crippen molar-refractivity contribution in [3.05, 3.63) is 92.6 Å². The molecule has 0 bridgehead atoms. The van der Waals surface area contributed by atoms with Crippen molar-refractivity contribution < 1.29 is 18.7 Å². The standard InChI is InChI=1S/C24H20Cl3N3O4/c1-14-3-5-21(15(2)7-14)33-13-30-11-17(10-28-30)29-24(31)22-6-4-18(34-22)12-32-23-19(26)8-16(25)9-20(23)27/h3-11H,12-13H2,1-2H3,(H,29,31). The van der Waals surface area contributed by atoms with Crippen LogP contribution in [-0.2, 0) is 13.3 Å². The van der Waals surface area contributed by atoms with Crippen LogP contribution in [0.1, 0.15) is 27.4 Å². The Kier molecular flexibility index (Phi) is 7.36. The number of ether oxygens (including phenoxy) is 2. The molecule has 2 aromatic heterocycles. The number of hydrogen-bond acceptors (Lipinski definition) is 5. The number of nitrogens with one attached hydrogen (secondary N) is 1. The molecule has 4 rings (SSSR count). The van der Waals surface area contributed by atoms with Gasteiger partial charge in [-0.25, -0.2) is 4.68 Å². The van der Waals surface area contributed by atoms with E-state index in [0.717, 1.165) is 11.3 Å². The fourth-order valence-corrected chi connectivity index (χ4v) is 4.10. The Labute approximate surface area is 211 Å². The largest absolute Gasteiger partial charge is 0.483 e. The number of hydrogen-bond donors (Lipinski definition) is 1. The molecule has 1 N–H and O–H groups in total. The molecule has 0 aliphatic carbocycles. The van der Waals surface area contributed by atoms with Gasteiger partial charge in [0, 0.05) is 5.02 Å². The lowest BCUT2D eigenvalue weighted by Crippen LogP contribution is -2.10. The van der Waals surface area contributed by atoms with Crippen LogP contribution in [0, 0.1) is 13.8 Å². The van der Waals surface area contributed by atoms with Crippen molar-refractivity contribution in [3.8, 4) is 11.5 Å². The minimum atomic E-state index is -0.427. The van der Waals surface area contributed by atoms with Gasteiger partial charge in [0.1, 0.15) is 18.1 Å². The van der Waals surface area contributed by atoms with E-state index in [-0.39, 0.29) is 34.9 Å². The summed E-state index contributed by atoms with van der Waals surface area (Å²) in [5.41, 5.74) is 2.71. The number of aromatic nitrogens is 2. The molecule has 34 heavy (non-hydrogen) atoms. The molecule has 0 atom stereocenters. The second-order valence-electron chi connectivity index (χ2n) is 7.52. The number of rotatable bonds is 8. The van der Waals surface area contributed by atoms with Gasteiger partial charge in [-0.3, -0.25) is 4.79 Å². The van der Waals surface area contributed by atoms with E-state index in [9.17, 15) is 4.79 Å². The van der Waals surface area contributed by atoms with Crippen molar-refractivity contribution >= 4 is 46.4 Å². The highest BCUT2D eigenvalue weighted by Gasteiger charge is 2.15. The van der Waals surface area contributed by atoms with E-state index in [4.69, 9.17) is 48.7 Å². The number of benzene rings is 2. The van der Waals surface area contributed by atoms with Crippen molar-refractivity contribution in [2.45, 2.75) is 27.2 Å². The zero-order valence-corrected chi connectivity index (χ0v) is 20.5. The molecule has 1 amide bonds. The Morgan fingerprint density at radius 3 is 2.56 bits per heavy atom. The first-order valence-corrected chi connectivity index (χ1v) is 11.3. The smallest absolute Gasteiger partial charge is 0.291 e. The Hall–Kier alpha value is -3.13. The second kappa shape index (κ2) is 10.4. The zero-order chi connectivity index (χ0) is 24.2. The minimum absolute atomic E-state index is 0.0298. The highest BCUT2D eigenvalue weighted by molar-refractivity contribution is 6.40. The third-order valence-corrected chi connectivity index (χ3v) is 5.56. The van der Waals surface area contributed by atoms with Crippen LogP contribution < -0.4 is 14.8 Å². The maximum absolute atomic E-state index is 12.5. The molecule has 2 heterocycles. The van der Waals surface area contributed by atoms with Crippen molar-refractivity contribution in [3.63, 3.8) is 0 Å². The summed E-state index contributed by atoms with van der Waals surface area (Å²) in [7, 11) is 0. The molecule has 0 radical (unpaired) electrons. The molecule has 0 aliphatic heterocycles. The average molecular weight is 521 g/mol. The lowest BCUT2D eigenvalue weighted by Gasteiger charge is -2.09. The van der Waals surface area contributed by atoms with Crippen LogP contribution in [-0.4, -0.2) is 15.7 Å². The van der Waals surface area contributed by atoms with Crippen molar-refractivity contribution in [1.29, 1.82) is 0 Å². The summed E-state index contributed by atoms with van der Waals surface area (Å²) >= 11 is 18.1. The summed E-state index contributed by atoms with van der Waals surface area (Å²) in [4.78, 5) is 12.5. The van der Waals surface area contributed by atoms with Crippen molar-refractivity contribution in [1.82, 2.24) is 9.78 Å². The predicted octanol–water partition coefficient (Wildman–Crippen LogP) is 6.92. The molecule has 7 nitrogen and oxygen atoms in total. The van der Waals surface area contributed by atoms with E-state index in [1.807, 2.05) is 32.0 Å². The average Bonchev–Trinajstić information content (AvgIpc) is 3.42. The molecule has 0 fully saturated rings. The highest BCUT2D eigenvalue weighted by atomic mass is 35.5. The van der Waals surface area contributed by atoms with E-state index >= 15 is 0 Å². The fraction of sp³-hybridized carbons (Fsp3) is 0.167. The summed E-state index contributed by atoms with van der Waals surface area (Å²) < 4.78 is 18.6. The molecule has 0 unspecified atom stereocenters. The van der Waals surface area contributed by atoms with Gasteiger partial charge >= 0.3 is 0 Å². The van der Waals surface area contributed by atoms with Crippen LogP contribution in [0.2, 0.25) is 15.1 Å². The summed E-state index contributed by atoms with van der Waals surface area (Å²) in [6, 6.07) is 12.2.